The van der Waals surface area contributed by atoms with E-state index in [2.05, 4.69) is 21.3 Å². The molecule has 0 aliphatic heterocycles. The van der Waals surface area contributed by atoms with Crippen molar-refractivity contribution in [2.75, 3.05) is 13.7 Å². The van der Waals surface area contributed by atoms with Gasteiger partial charge in [-0.3, -0.25) is 9.59 Å². The normalized spacial score (nSPS) is 11.9. The summed E-state index contributed by atoms with van der Waals surface area (Å²) >= 11 is 0. The Morgan fingerprint density at radius 3 is 2.21 bits per heavy atom. The van der Waals surface area contributed by atoms with E-state index in [-0.39, 0.29) is 31.2 Å². The lowest BCUT2D eigenvalue weighted by Crippen LogP contribution is -2.51. The fourth-order valence-electron chi connectivity index (χ4n) is 4.13. The molecule has 0 aliphatic carbocycles. The lowest BCUT2D eigenvalue weighted by atomic mass is 9.98. The number of nitrogens with one attached hydrogen (secondary N) is 4. The Balaban J connectivity index is 1.64. The number of amides is 4. The zero-order valence-corrected chi connectivity index (χ0v) is 23.9. The van der Waals surface area contributed by atoms with Gasteiger partial charge in [0, 0.05) is 37.7 Å². The van der Waals surface area contributed by atoms with Gasteiger partial charge >= 0.3 is 6.03 Å². The van der Waals surface area contributed by atoms with Crippen LogP contribution in [0.4, 0.5) is 13.6 Å². The molecule has 0 unspecified atom stereocenters. The van der Waals surface area contributed by atoms with Crippen LogP contribution in [0.5, 0.6) is 0 Å². The number of benzene rings is 3. The van der Waals surface area contributed by atoms with E-state index in [0.717, 1.165) is 34.4 Å². The number of hydrogen-bond acceptors (Lipinski definition) is 5. The molecule has 1 atom stereocenters. The van der Waals surface area contributed by atoms with Gasteiger partial charge in [0.05, 0.1) is 13.2 Å². The van der Waals surface area contributed by atoms with Crippen molar-refractivity contribution in [2.45, 2.75) is 51.5 Å². The molecule has 224 valence electrons. The smallest absolute Gasteiger partial charge is 0.314 e. The Labute approximate surface area is 244 Å². The van der Waals surface area contributed by atoms with Gasteiger partial charge in [-0.25, -0.2) is 13.6 Å². The quantitative estimate of drug-likeness (QED) is 0.211. The molecule has 0 fully saturated rings. The molecule has 0 saturated heterocycles. The van der Waals surface area contributed by atoms with Gasteiger partial charge in [0.1, 0.15) is 17.7 Å². The van der Waals surface area contributed by atoms with Gasteiger partial charge in [0.25, 0.3) is 0 Å². The Morgan fingerprint density at radius 1 is 0.905 bits per heavy atom. The van der Waals surface area contributed by atoms with Crippen molar-refractivity contribution in [2.24, 2.45) is 5.73 Å². The van der Waals surface area contributed by atoms with Crippen molar-refractivity contribution >= 4 is 17.8 Å². The maximum absolute atomic E-state index is 14.0. The van der Waals surface area contributed by atoms with Crippen LogP contribution in [-0.2, 0) is 34.0 Å². The van der Waals surface area contributed by atoms with Crippen LogP contribution < -0.4 is 27.0 Å². The van der Waals surface area contributed by atoms with Crippen LogP contribution in [0, 0.1) is 11.6 Å². The van der Waals surface area contributed by atoms with Crippen molar-refractivity contribution in [3.05, 3.63) is 95.1 Å². The van der Waals surface area contributed by atoms with Crippen LogP contribution in [-0.4, -0.2) is 43.1 Å². The molecule has 4 amide bonds. The predicted octanol–water partition coefficient (Wildman–Crippen LogP) is 3.51. The molecule has 0 aliphatic rings. The molecule has 0 saturated carbocycles. The Bertz CT molecular complexity index is 1360. The van der Waals surface area contributed by atoms with Gasteiger partial charge in [0.15, 0.2) is 0 Å². The maximum atomic E-state index is 14.0. The summed E-state index contributed by atoms with van der Waals surface area (Å²) in [6.07, 6.45) is -0.0414. The Morgan fingerprint density at radius 2 is 1.57 bits per heavy atom. The molecule has 3 aromatic carbocycles. The molecule has 0 heterocycles. The van der Waals surface area contributed by atoms with E-state index in [1.165, 1.54) is 6.07 Å². The first-order valence-electron chi connectivity index (χ1n) is 13.5. The lowest BCUT2D eigenvalue weighted by Gasteiger charge is -2.22. The fraction of sp³-hybridized carbons (Fsp3) is 0.323. The zero-order valence-electron chi connectivity index (χ0n) is 23.9. The van der Waals surface area contributed by atoms with Crippen molar-refractivity contribution in [3.8, 4) is 11.1 Å². The Kier molecular flexibility index (Phi) is 11.5. The first-order chi connectivity index (χ1) is 20.0. The highest BCUT2D eigenvalue weighted by atomic mass is 19.1. The second-order valence-electron chi connectivity index (χ2n) is 10.5. The first kappa shape index (κ1) is 32.2. The standard InChI is InChI=1S/C31H37F2N5O4/c1-31(2,34)15-28(39)38-27(19-42-18-24-25(32)9-6-10-26(24)33)29(40)36-16-20-11-13-21(14-12-20)23-8-5-4-7-22(23)17-37-30(41)35-3/h4-14,27H,15-19,34H2,1-3H3,(H,36,40)(H,38,39)(H2,35,37,41)/t27-/m1/s1. The van der Waals surface area contributed by atoms with Crippen LogP contribution in [0.2, 0.25) is 0 Å². The number of carbonyl (C=O) groups is 3. The number of carbonyl (C=O) groups excluding carboxylic acids is 3. The van der Waals surface area contributed by atoms with E-state index in [1.54, 1.807) is 20.9 Å². The van der Waals surface area contributed by atoms with Crippen LogP contribution in [0.3, 0.4) is 0 Å². The van der Waals surface area contributed by atoms with Crippen molar-refractivity contribution in [3.63, 3.8) is 0 Å². The maximum Gasteiger partial charge on any atom is 0.314 e. The number of hydrogen-bond donors (Lipinski definition) is 5. The van der Waals surface area contributed by atoms with Gasteiger partial charge in [0.2, 0.25) is 11.8 Å². The number of rotatable bonds is 13. The summed E-state index contributed by atoms with van der Waals surface area (Å²) in [6.45, 7) is 3.15. The molecule has 3 rings (SSSR count). The number of urea groups is 1. The summed E-state index contributed by atoms with van der Waals surface area (Å²) in [5.41, 5.74) is 8.50. The van der Waals surface area contributed by atoms with E-state index >= 15 is 0 Å². The van der Waals surface area contributed by atoms with Crippen LogP contribution >= 0.6 is 0 Å². The van der Waals surface area contributed by atoms with E-state index in [9.17, 15) is 23.2 Å². The van der Waals surface area contributed by atoms with Gasteiger partial charge in [-0.05, 0) is 48.2 Å². The SMILES string of the molecule is CNC(=O)NCc1ccccc1-c1ccc(CNC(=O)[C@@H](COCc2c(F)cccc2F)NC(=O)CC(C)(C)N)cc1. The van der Waals surface area contributed by atoms with Gasteiger partial charge < -0.3 is 31.7 Å². The third-order valence-corrected chi connectivity index (χ3v) is 6.28. The summed E-state index contributed by atoms with van der Waals surface area (Å²) in [4.78, 5) is 37.2. The predicted molar refractivity (Wildman–Crippen MR) is 156 cm³/mol. The van der Waals surface area contributed by atoms with E-state index in [4.69, 9.17) is 10.5 Å². The summed E-state index contributed by atoms with van der Waals surface area (Å²) in [5.74, 6) is -2.52. The highest BCUT2D eigenvalue weighted by molar-refractivity contribution is 5.88. The minimum atomic E-state index is -1.12. The minimum Gasteiger partial charge on any atom is -0.374 e. The highest BCUT2D eigenvalue weighted by Gasteiger charge is 2.24. The van der Waals surface area contributed by atoms with E-state index in [1.807, 2.05) is 48.5 Å². The van der Waals surface area contributed by atoms with Crippen LogP contribution in [0.25, 0.3) is 11.1 Å². The number of halogens is 2. The molecule has 0 radical (unpaired) electrons. The van der Waals surface area contributed by atoms with Crippen molar-refractivity contribution in [1.29, 1.82) is 0 Å². The molecule has 11 heteroatoms. The number of nitrogens with two attached hydrogens (primary N) is 1. The molecule has 0 bridgehead atoms. The van der Waals surface area contributed by atoms with Crippen molar-refractivity contribution in [1.82, 2.24) is 21.3 Å². The largest absolute Gasteiger partial charge is 0.374 e. The monoisotopic (exact) mass is 581 g/mol. The summed E-state index contributed by atoms with van der Waals surface area (Å²) in [5, 5.41) is 10.7. The average molecular weight is 582 g/mol. The molecule has 3 aromatic rings. The summed E-state index contributed by atoms with van der Waals surface area (Å²) in [6, 6.07) is 17.3. The van der Waals surface area contributed by atoms with E-state index in [0.29, 0.717) is 6.54 Å². The topological polar surface area (TPSA) is 135 Å². The van der Waals surface area contributed by atoms with Crippen molar-refractivity contribution < 1.29 is 27.9 Å². The molecule has 6 N–H and O–H groups in total. The first-order valence-corrected chi connectivity index (χ1v) is 13.5. The minimum absolute atomic E-state index is 0.0414. The van der Waals surface area contributed by atoms with Gasteiger partial charge in [-0.15, -0.1) is 0 Å². The summed E-state index contributed by atoms with van der Waals surface area (Å²) in [7, 11) is 1.55. The molecule has 42 heavy (non-hydrogen) atoms. The fourth-order valence-corrected chi connectivity index (χ4v) is 4.13. The molecule has 0 aromatic heterocycles. The third-order valence-electron chi connectivity index (χ3n) is 6.28. The summed E-state index contributed by atoms with van der Waals surface area (Å²) < 4.78 is 33.4. The lowest BCUT2D eigenvalue weighted by molar-refractivity contribution is -0.131. The highest BCUT2D eigenvalue weighted by Crippen LogP contribution is 2.24. The third kappa shape index (κ3) is 9.93. The zero-order chi connectivity index (χ0) is 30.7. The van der Waals surface area contributed by atoms with Gasteiger partial charge in [-0.2, -0.15) is 0 Å². The van der Waals surface area contributed by atoms with Gasteiger partial charge in [-0.1, -0.05) is 54.6 Å². The second kappa shape index (κ2) is 15.0. The van der Waals surface area contributed by atoms with Crippen LogP contribution in [0.1, 0.15) is 37.0 Å². The number of ether oxygens (including phenoxy) is 1. The van der Waals surface area contributed by atoms with Crippen LogP contribution in [0.15, 0.2) is 66.7 Å². The molecular weight excluding hydrogens is 544 g/mol. The van der Waals surface area contributed by atoms with E-state index < -0.39 is 41.6 Å². The molecule has 9 nitrogen and oxygen atoms in total. The average Bonchev–Trinajstić information content (AvgIpc) is 2.95. The second-order valence-corrected chi connectivity index (χ2v) is 10.5. The Hall–Kier alpha value is -4.35. The molecular formula is C31H37F2N5O4. The molecule has 0 spiro atoms.